The summed E-state index contributed by atoms with van der Waals surface area (Å²) in [6, 6.07) is 3.31. The quantitative estimate of drug-likeness (QED) is 0.841. The summed E-state index contributed by atoms with van der Waals surface area (Å²) in [6.07, 6.45) is 7.44. The van der Waals surface area contributed by atoms with Gasteiger partial charge in [-0.1, -0.05) is 0 Å². The van der Waals surface area contributed by atoms with Crippen molar-refractivity contribution in [2.75, 3.05) is 13.1 Å². The van der Waals surface area contributed by atoms with Crippen LogP contribution in [0.4, 0.5) is 0 Å². The van der Waals surface area contributed by atoms with Crippen LogP contribution in [0.3, 0.4) is 0 Å². The van der Waals surface area contributed by atoms with Crippen LogP contribution in [-0.2, 0) is 7.05 Å². The number of piperidine rings is 1. The zero-order chi connectivity index (χ0) is 15.7. The topological polar surface area (TPSA) is 60.1 Å². The smallest absolute Gasteiger partial charge is 0.254 e. The average Bonchev–Trinajstić information content (AvgIpc) is 2.96. The van der Waals surface area contributed by atoms with E-state index < -0.39 is 0 Å². The number of aromatic nitrogens is 3. The summed E-state index contributed by atoms with van der Waals surface area (Å²) in [5.41, 5.74) is 1.41. The van der Waals surface area contributed by atoms with Crippen molar-refractivity contribution < 1.29 is 4.79 Å². The number of hydrogen-bond donors (Lipinski definition) is 0. The Morgan fingerprint density at radius 2 is 2.23 bits per heavy atom. The van der Waals surface area contributed by atoms with Gasteiger partial charge in [0.15, 0.2) is 0 Å². The molecule has 6 heteroatoms. The van der Waals surface area contributed by atoms with Crippen molar-refractivity contribution in [3.8, 4) is 0 Å². The Hall–Kier alpha value is -2.37. The monoisotopic (exact) mass is 300 g/mol. The van der Waals surface area contributed by atoms with E-state index in [0.717, 1.165) is 24.9 Å². The molecule has 0 saturated carbocycles. The second-order valence-corrected chi connectivity index (χ2v) is 5.91. The first-order chi connectivity index (χ1) is 10.5. The molecule has 0 bridgehead atoms. The number of hydrogen-bond acceptors (Lipinski definition) is 3. The van der Waals surface area contributed by atoms with Crippen LogP contribution >= 0.6 is 0 Å². The zero-order valence-corrected chi connectivity index (χ0v) is 12.9. The van der Waals surface area contributed by atoms with E-state index in [1.165, 1.54) is 10.6 Å². The zero-order valence-electron chi connectivity index (χ0n) is 12.9. The number of aryl methyl sites for hydroxylation is 2. The fraction of sp³-hybridized carbons (Fsp3) is 0.438. The van der Waals surface area contributed by atoms with Gasteiger partial charge < -0.3 is 9.47 Å². The molecule has 2 aromatic rings. The van der Waals surface area contributed by atoms with Crippen LogP contribution in [0.25, 0.3) is 0 Å². The maximum Gasteiger partial charge on any atom is 0.254 e. The van der Waals surface area contributed by atoms with Crippen molar-refractivity contribution >= 4 is 5.91 Å². The van der Waals surface area contributed by atoms with E-state index in [9.17, 15) is 9.59 Å². The summed E-state index contributed by atoms with van der Waals surface area (Å²) in [7, 11) is 1.67. The largest absolute Gasteiger partial charge is 0.336 e. The van der Waals surface area contributed by atoms with Gasteiger partial charge in [-0.2, -0.15) is 5.10 Å². The first-order valence-electron chi connectivity index (χ1n) is 7.51. The van der Waals surface area contributed by atoms with Gasteiger partial charge in [-0.3, -0.25) is 14.3 Å². The van der Waals surface area contributed by atoms with E-state index in [2.05, 4.69) is 5.10 Å². The van der Waals surface area contributed by atoms with Crippen molar-refractivity contribution in [1.82, 2.24) is 19.2 Å². The molecule has 1 fully saturated rings. The van der Waals surface area contributed by atoms with Gasteiger partial charge in [-0.05, 0) is 31.4 Å². The molecule has 0 N–H and O–H groups in total. The fourth-order valence-corrected chi connectivity index (χ4v) is 2.85. The van der Waals surface area contributed by atoms with Gasteiger partial charge >= 0.3 is 0 Å². The van der Waals surface area contributed by atoms with Gasteiger partial charge in [-0.25, -0.2) is 0 Å². The molecule has 0 unspecified atom stereocenters. The van der Waals surface area contributed by atoms with Crippen molar-refractivity contribution in [3.05, 3.63) is 52.2 Å². The number of pyridine rings is 1. The summed E-state index contributed by atoms with van der Waals surface area (Å²) in [6.45, 7) is 3.37. The lowest BCUT2D eigenvalue weighted by molar-refractivity contribution is 0.0672. The molecule has 116 valence electrons. The third-order valence-corrected chi connectivity index (χ3v) is 4.14. The number of nitrogens with zero attached hydrogens (tertiary/aromatic N) is 4. The molecule has 1 aliphatic rings. The molecule has 0 radical (unpaired) electrons. The lowest BCUT2D eigenvalue weighted by Gasteiger charge is -2.33. The minimum atomic E-state index is -0.165. The van der Waals surface area contributed by atoms with Crippen LogP contribution in [0.5, 0.6) is 0 Å². The van der Waals surface area contributed by atoms with E-state index in [4.69, 9.17) is 0 Å². The Balaban J connectivity index is 1.77. The predicted molar refractivity (Wildman–Crippen MR) is 82.8 cm³/mol. The fourth-order valence-electron chi connectivity index (χ4n) is 2.85. The maximum absolute atomic E-state index is 12.6. The number of amides is 1. The van der Waals surface area contributed by atoms with E-state index in [1.807, 2.05) is 28.9 Å². The van der Waals surface area contributed by atoms with Crippen LogP contribution in [0.1, 0.15) is 34.8 Å². The molecule has 0 spiro atoms. The van der Waals surface area contributed by atoms with Crippen LogP contribution < -0.4 is 5.56 Å². The van der Waals surface area contributed by atoms with E-state index in [1.54, 1.807) is 19.3 Å². The molecule has 2 aromatic heterocycles. The highest BCUT2D eigenvalue weighted by Gasteiger charge is 2.26. The first-order valence-corrected chi connectivity index (χ1v) is 7.51. The van der Waals surface area contributed by atoms with Gasteiger partial charge in [0.1, 0.15) is 0 Å². The second kappa shape index (κ2) is 5.79. The highest BCUT2D eigenvalue weighted by molar-refractivity contribution is 5.94. The van der Waals surface area contributed by atoms with Crippen molar-refractivity contribution in [3.63, 3.8) is 0 Å². The summed E-state index contributed by atoms with van der Waals surface area (Å²) in [5.74, 6) is -0.0775. The molecule has 1 amide bonds. The van der Waals surface area contributed by atoms with Crippen molar-refractivity contribution in [2.45, 2.75) is 25.8 Å². The molecule has 1 saturated heterocycles. The summed E-state index contributed by atoms with van der Waals surface area (Å²) in [5, 5.41) is 4.36. The number of rotatable bonds is 2. The highest BCUT2D eigenvalue weighted by Crippen LogP contribution is 2.22. The molecule has 0 aromatic carbocycles. The van der Waals surface area contributed by atoms with Gasteiger partial charge in [0, 0.05) is 44.2 Å². The molecule has 1 aliphatic heterocycles. The highest BCUT2D eigenvalue weighted by atomic mass is 16.2. The van der Waals surface area contributed by atoms with E-state index in [-0.39, 0.29) is 17.5 Å². The number of likely N-dealkylation sites (tertiary alicyclic amines) is 1. The number of carbonyl (C=O) groups is 1. The molecule has 3 rings (SSSR count). The standard InChI is InChI=1S/C16H20N4O2/c1-12-9-17-20(10-12)14-4-3-6-19(11-14)16(22)13-5-7-18(2)15(21)8-13/h5,7-10,14H,3-4,6,11H2,1-2H3/t14-/m0/s1. The molecule has 0 aliphatic carbocycles. The average molecular weight is 300 g/mol. The molecular weight excluding hydrogens is 280 g/mol. The maximum atomic E-state index is 12.6. The minimum Gasteiger partial charge on any atom is -0.336 e. The molecular formula is C16H20N4O2. The Bertz CT molecular complexity index is 747. The molecule has 6 nitrogen and oxygen atoms in total. The Morgan fingerprint density at radius 1 is 1.41 bits per heavy atom. The van der Waals surface area contributed by atoms with Crippen LogP contribution in [0, 0.1) is 6.92 Å². The van der Waals surface area contributed by atoms with Crippen LogP contribution in [0.2, 0.25) is 0 Å². The van der Waals surface area contributed by atoms with Gasteiger partial charge in [0.2, 0.25) is 0 Å². The molecule has 1 atom stereocenters. The Labute approximate surface area is 129 Å². The predicted octanol–water partition coefficient (Wildman–Crippen LogP) is 1.37. The molecule has 3 heterocycles. The van der Waals surface area contributed by atoms with Gasteiger partial charge in [-0.15, -0.1) is 0 Å². The Kier molecular flexibility index (Phi) is 3.83. The lowest BCUT2D eigenvalue weighted by atomic mass is 10.0. The van der Waals surface area contributed by atoms with E-state index >= 15 is 0 Å². The normalized spacial score (nSPS) is 18.5. The summed E-state index contributed by atoms with van der Waals surface area (Å²) in [4.78, 5) is 26.1. The summed E-state index contributed by atoms with van der Waals surface area (Å²) >= 11 is 0. The summed E-state index contributed by atoms with van der Waals surface area (Å²) < 4.78 is 3.40. The Morgan fingerprint density at radius 3 is 2.91 bits per heavy atom. The SMILES string of the molecule is Cc1cnn([C@H]2CCCN(C(=O)c3ccn(C)c(=O)c3)C2)c1. The minimum absolute atomic E-state index is 0.0775. The third-order valence-electron chi connectivity index (χ3n) is 4.14. The van der Waals surface area contributed by atoms with Crippen molar-refractivity contribution in [1.29, 1.82) is 0 Å². The van der Waals surface area contributed by atoms with Gasteiger partial charge in [0.25, 0.3) is 11.5 Å². The van der Waals surface area contributed by atoms with Crippen LogP contribution in [-0.4, -0.2) is 38.2 Å². The lowest BCUT2D eigenvalue weighted by Crippen LogP contribution is -2.41. The van der Waals surface area contributed by atoms with Crippen LogP contribution in [0.15, 0.2) is 35.5 Å². The number of carbonyl (C=O) groups excluding carboxylic acids is 1. The van der Waals surface area contributed by atoms with E-state index in [0.29, 0.717) is 12.1 Å². The molecule has 22 heavy (non-hydrogen) atoms. The third kappa shape index (κ3) is 2.81. The van der Waals surface area contributed by atoms with Gasteiger partial charge in [0.05, 0.1) is 12.2 Å². The second-order valence-electron chi connectivity index (χ2n) is 5.91. The van der Waals surface area contributed by atoms with Crippen molar-refractivity contribution in [2.24, 2.45) is 7.05 Å². The first kappa shape index (κ1) is 14.6.